The highest BCUT2D eigenvalue weighted by Gasteiger charge is 2.32. The van der Waals surface area contributed by atoms with Gasteiger partial charge in [-0.15, -0.1) is 0 Å². The first-order valence-corrected chi connectivity index (χ1v) is 12.3. The third-order valence-corrected chi connectivity index (χ3v) is 6.74. The average molecular weight is 552 g/mol. The second-order valence-corrected chi connectivity index (χ2v) is 9.36. The number of aromatic nitrogens is 2. The molecule has 0 bridgehead atoms. The molecule has 4 aromatic rings. The Labute approximate surface area is 226 Å². The molecule has 1 aliphatic rings. The zero-order valence-corrected chi connectivity index (χ0v) is 21.0. The van der Waals surface area contributed by atoms with Gasteiger partial charge in [0.05, 0.1) is 17.1 Å². The molecule has 1 aliphatic heterocycles. The lowest BCUT2D eigenvalue weighted by molar-refractivity contribution is -0.141. The Morgan fingerprint density at radius 1 is 1.12 bits per heavy atom. The van der Waals surface area contributed by atoms with Gasteiger partial charge in [-0.25, -0.2) is 13.6 Å². The molecule has 0 fully saturated rings. The fraction of sp³-hybridized carbons (Fsp3) is 0.207. The van der Waals surface area contributed by atoms with Crippen molar-refractivity contribution in [3.63, 3.8) is 0 Å². The fourth-order valence-electron chi connectivity index (χ4n) is 4.83. The van der Waals surface area contributed by atoms with E-state index in [2.05, 4.69) is 21.3 Å². The molecule has 3 heterocycles. The molecule has 6 nitrogen and oxygen atoms in total. The van der Waals surface area contributed by atoms with Gasteiger partial charge in [-0.2, -0.15) is 18.4 Å². The summed E-state index contributed by atoms with van der Waals surface area (Å²) in [5, 5.41) is 12.9. The van der Waals surface area contributed by atoms with Gasteiger partial charge in [0, 0.05) is 61.5 Å². The summed E-state index contributed by atoms with van der Waals surface area (Å²) in [6, 6.07) is 12.3. The molecule has 11 heteroatoms. The Morgan fingerprint density at radius 3 is 2.70 bits per heavy atom. The minimum absolute atomic E-state index is 0.133. The van der Waals surface area contributed by atoms with E-state index >= 15 is 0 Å². The number of carbonyl (C=O) groups excluding carboxylic acids is 1. The second-order valence-electron chi connectivity index (χ2n) is 9.36. The number of hydrogen-bond donors (Lipinski definition) is 1. The van der Waals surface area contributed by atoms with E-state index < -0.39 is 29.5 Å². The standard InChI is InChI=1S/C29H22F5N5O/c30-21-5-4-20(24(31)14-21)2-1-10-38-11-8-26-23(17-38)22-12-18(15-35)3-6-25(22)39(26)28(40)37-16-19-7-9-36-27(13-19)29(32,33)34/h1-7,9,12-14H,8,10-11,16-17H2,(H,37,40)/b2-1+. The van der Waals surface area contributed by atoms with Crippen molar-refractivity contribution in [1.29, 1.82) is 5.26 Å². The van der Waals surface area contributed by atoms with Crippen LogP contribution in [-0.4, -0.2) is 33.6 Å². The lowest BCUT2D eigenvalue weighted by Gasteiger charge is -2.27. The largest absolute Gasteiger partial charge is 0.433 e. The summed E-state index contributed by atoms with van der Waals surface area (Å²) in [5.41, 5.74) is 2.09. The second kappa shape index (κ2) is 10.9. The summed E-state index contributed by atoms with van der Waals surface area (Å²) >= 11 is 0. The van der Waals surface area contributed by atoms with Gasteiger partial charge in [0.25, 0.3) is 0 Å². The number of nitrogens with one attached hydrogen (secondary N) is 1. The molecule has 0 radical (unpaired) electrons. The predicted molar refractivity (Wildman–Crippen MR) is 138 cm³/mol. The molecule has 0 saturated carbocycles. The topological polar surface area (TPSA) is 74.0 Å². The Hall–Kier alpha value is -4.56. The minimum Gasteiger partial charge on any atom is -0.333 e. The number of halogens is 5. The van der Waals surface area contributed by atoms with E-state index in [1.807, 2.05) is 0 Å². The monoisotopic (exact) mass is 551 g/mol. The van der Waals surface area contributed by atoms with Gasteiger partial charge in [0.1, 0.15) is 17.3 Å². The van der Waals surface area contributed by atoms with Gasteiger partial charge in [-0.05, 0) is 53.6 Å². The zero-order valence-electron chi connectivity index (χ0n) is 21.0. The first-order chi connectivity index (χ1) is 19.1. The minimum atomic E-state index is -4.59. The van der Waals surface area contributed by atoms with E-state index in [4.69, 9.17) is 0 Å². The Morgan fingerprint density at radius 2 is 1.95 bits per heavy atom. The van der Waals surface area contributed by atoms with Crippen LogP contribution in [0.2, 0.25) is 0 Å². The first kappa shape index (κ1) is 27.0. The van der Waals surface area contributed by atoms with Gasteiger partial charge < -0.3 is 5.32 Å². The van der Waals surface area contributed by atoms with E-state index in [0.29, 0.717) is 37.1 Å². The number of rotatable bonds is 5. The van der Waals surface area contributed by atoms with Crippen molar-refractivity contribution in [2.45, 2.75) is 25.7 Å². The lowest BCUT2D eigenvalue weighted by Crippen LogP contribution is -2.34. The van der Waals surface area contributed by atoms with Crippen LogP contribution in [0.4, 0.5) is 26.7 Å². The molecule has 40 heavy (non-hydrogen) atoms. The van der Waals surface area contributed by atoms with Gasteiger partial charge in [-0.1, -0.05) is 12.2 Å². The van der Waals surface area contributed by atoms with Gasteiger partial charge in [0.2, 0.25) is 0 Å². The van der Waals surface area contributed by atoms with Gasteiger partial charge in [-0.3, -0.25) is 14.5 Å². The molecule has 2 aromatic carbocycles. The summed E-state index contributed by atoms with van der Waals surface area (Å²) in [6.07, 6.45) is 0.304. The van der Waals surface area contributed by atoms with Gasteiger partial charge >= 0.3 is 12.2 Å². The maximum atomic E-state index is 14.0. The number of hydrogen-bond acceptors (Lipinski definition) is 4. The van der Waals surface area contributed by atoms with E-state index in [1.54, 1.807) is 30.4 Å². The summed E-state index contributed by atoms with van der Waals surface area (Å²) in [7, 11) is 0. The van der Waals surface area contributed by atoms with Crippen molar-refractivity contribution in [1.82, 2.24) is 19.8 Å². The maximum Gasteiger partial charge on any atom is 0.433 e. The van der Waals surface area contributed by atoms with Crippen molar-refractivity contribution in [2.24, 2.45) is 0 Å². The Bertz CT molecular complexity index is 1670. The molecule has 0 saturated heterocycles. The molecule has 5 rings (SSSR count). The molecule has 0 spiro atoms. The highest BCUT2D eigenvalue weighted by molar-refractivity contribution is 5.96. The summed E-state index contributed by atoms with van der Waals surface area (Å²) in [6.45, 7) is 1.37. The molecule has 2 aromatic heterocycles. The number of fused-ring (bicyclic) bond motifs is 3. The number of benzene rings is 2. The van der Waals surface area contributed by atoms with Crippen LogP contribution >= 0.6 is 0 Å². The molecular formula is C29H22F5N5O. The zero-order chi connectivity index (χ0) is 28.4. The summed E-state index contributed by atoms with van der Waals surface area (Å²) in [4.78, 5) is 18.8. The third kappa shape index (κ3) is 5.58. The number of pyridine rings is 1. The van der Waals surface area contributed by atoms with Crippen LogP contribution in [0.15, 0.2) is 60.8 Å². The van der Waals surface area contributed by atoms with Crippen LogP contribution in [0.5, 0.6) is 0 Å². The van der Waals surface area contributed by atoms with Crippen LogP contribution in [0.3, 0.4) is 0 Å². The highest BCUT2D eigenvalue weighted by Crippen LogP contribution is 2.32. The van der Waals surface area contributed by atoms with E-state index in [0.717, 1.165) is 35.0 Å². The lowest BCUT2D eigenvalue weighted by atomic mass is 10.0. The molecular weight excluding hydrogens is 529 g/mol. The molecule has 0 unspecified atom stereocenters. The molecule has 204 valence electrons. The van der Waals surface area contributed by atoms with Crippen molar-refractivity contribution >= 4 is 23.0 Å². The van der Waals surface area contributed by atoms with E-state index in [1.165, 1.54) is 22.8 Å². The van der Waals surface area contributed by atoms with E-state index in [9.17, 15) is 32.0 Å². The summed E-state index contributed by atoms with van der Waals surface area (Å²) < 4.78 is 67.7. The van der Waals surface area contributed by atoms with Crippen LogP contribution in [0, 0.1) is 23.0 Å². The van der Waals surface area contributed by atoms with E-state index in [-0.39, 0.29) is 17.7 Å². The molecule has 0 atom stereocenters. The molecule has 1 amide bonds. The quantitative estimate of drug-likeness (QED) is 0.307. The molecule has 0 aliphatic carbocycles. The van der Waals surface area contributed by atoms with Crippen LogP contribution in [0.25, 0.3) is 17.0 Å². The third-order valence-electron chi connectivity index (χ3n) is 6.74. The fourth-order valence-corrected chi connectivity index (χ4v) is 4.83. The predicted octanol–water partition coefficient (Wildman–Crippen LogP) is 6.03. The number of amides is 1. The highest BCUT2D eigenvalue weighted by atomic mass is 19.4. The van der Waals surface area contributed by atoms with Gasteiger partial charge in [0.15, 0.2) is 0 Å². The maximum absolute atomic E-state index is 14.0. The van der Waals surface area contributed by atoms with Crippen LogP contribution in [-0.2, 0) is 25.7 Å². The number of alkyl halides is 3. The van der Waals surface area contributed by atoms with Crippen molar-refractivity contribution < 1.29 is 26.7 Å². The first-order valence-electron chi connectivity index (χ1n) is 12.3. The number of nitrogens with zero attached hydrogens (tertiary/aromatic N) is 4. The average Bonchev–Trinajstić information content (AvgIpc) is 3.25. The molecule has 1 N–H and O–H groups in total. The summed E-state index contributed by atoms with van der Waals surface area (Å²) in [5.74, 6) is -1.31. The number of carbonyl (C=O) groups is 1. The Balaban J connectivity index is 1.38. The normalized spacial score (nSPS) is 13.9. The van der Waals surface area contributed by atoms with Crippen molar-refractivity contribution in [2.75, 3.05) is 13.1 Å². The smallest absolute Gasteiger partial charge is 0.333 e. The SMILES string of the molecule is N#Cc1ccc2c(c1)c1c(n2C(=O)NCc2ccnc(C(F)(F)F)c2)CCN(C/C=C/c2ccc(F)cc2F)C1. The number of nitriles is 1. The van der Waals surface area contributed by atoms with Crippen molar-refractivity contribution in [3.05, 3.63) is 106 Å². The Kier molecular flexibility index (Phi) is 7.36. The van der Waals surface area contributed by atoms with Crippen molar-refractivity contribution in [3.8, 4) is 6.07 Å². The van der Waals surface area contributed by atoms with Crippen LogP contribution < -0.4 is 5.32 Å². The van der Waals surface area contributed by atoms with Crippen LogP contribution in [0.1, 0.15) is 33.6 Å².